The Balaban J connectivity index is 1.91. The summed E-state index contributed by atoms with van der Waals surface area (Å²) in [6.07, 6.45) is 7.81. The van der Waals surface area contributed by atoms with Gasteiger partial charge in [-0.25, -0.2) is 10.0 Å². The molecule has 5 rings (SSSR count). The Hall–Kier alpha value is -3.85. The van der Waals surface area contributed by atoms with Gasteiger partial charge in [0.15, 0.2) is 5.76 Å². The second-order valence-electron chi connectivity index (χ2n) is 8.56. The first-order valence-corrected chi connectivity index (χ1v) is 10.1. The molecule has 1 aromatic carbocycles. The van der Waals surface area contributed by atoms with E-state index in [4.69, 9.17) is 4.84 Å². The summed E-state index contributed by atoms with van der Waals surface area (Å²) in [5.41, 5.74) is 0.141. The number of para-hydroxylation sites is 1. The number of nitrogens with one attached hydrogen (secondary N) is 2. The SMILES string of the molecule is C=CC(C)(C)C12C=C(O)C(=O)N3/C(=C\c4cnc[nH]4)C(=O)NC31N(OC)c1ccccc12. The second-order valence-corrected chi connectivity index (χ2v) is 8.56. The molecule has 3 aliphatic rings. The van der Waals surface area contributed by atoms with Crippen LogP contribution < -0.4 is 10.4 Å². The topological polar surface area (TPSA) is 111 Å². The third kappa shape index (κ3) is 2.08. The Morgan fingerprint density at radius 1 is 1.28 bits per heavy atom. The van der Waals surface area contributed by atoms with Crippen LogP contribution in [0.3, 0.4) is 0 Å². The number of amides is 2. The van der Waals surface area contributed by atoms with Crippen LogP contribution in [0.15, 0.2) is 67.0 Å². The minimum absolute atomic E-state index is 0.0537. The number of hydroxylamine groups is 1. The van der Waals surface area contributed by atoms with E-state index >= 15 is 0 Å². The molecule has 9 heteroatoms. The van der Waals surface area contributed by atoms with Gasteiger partial charge in [0.05, 0.1) is 36.4 Å². The van der Waals surface area contributed by atoms with Gasteiger partial charge in [-0.1, -0.05) is 38.1 Å². The van der Waals surface area contributed by atoms with E-state index in [-0.39, 0.29) is 5.70 Å². The maximum absolute atomic E-state index is 13.4. The summed E-state index contributed by atoms with van der Waals surface area (Å²) in [4.78, 5) is 40.8. The van der Waals surface area contributed by atoms with Crippen molar-refractivity contribution >= 4 is 23.6 Å². The summed E-state index contributed by atoms with van der Waals surface area (Å²) in [5, 5.41) is 15.5. The number of aromatic amines is 1. The maximum Gasteiger partial charge on any atom is 0.296 e. The first-order chi connectivity index (χ1) is 15.2. The second kappa shape index (κ2) is 6.33. The number of aliphatic hydroxyl groups is 1. The summed E-state index contributed by atoms with van der Waals surface area (Å²) >= 11 is 0. The molecule has 3 aliphatic heterocycles. The molecule has 0 bridgehead atoms. The van der Waals surface area contributed by atoms with Crippen molar-refractivity contribution in [3.05, 3.63) is 78.2 Å². The van der Waals surface area contributed by atoms with Crippen molar-refractivity contribution in [2.75, 3.05) is 12.2 Å². The average molecular weight is 433 g/mol. The lowest BCUT2D eigenvalue weighted by atomic mass is 9.57. The van der Waals surface area contributed by atoms with Gasteiger partial charge in [0.2, 0.25) is 5.79 Å². The van der Waals surface area contributed by atoms with Crippen LogP contribution in [0.5, 0.6) is 0 Å². The third-order valence-electron chi connectivity index (χ3n) is 6.77. The zero-order chi connectivity index (χ0) is 22.9. The van der Waals surface area contributed by atoms with E-state index in [1.807, 2.05) is 38.1 Å². The number of carbonyl (C=O) groups excluding carboxylic acids is 2. The summed E-state index contributed by atoms with van der Waals surface area (Å²) in [6.45, 7) is 7.91. The van der Waals surface area contributed by atoms with E-state index in [0.717, 1.165) is 5.56 Å². The maximum atomic E-state index is 13.4. The number of aliphatic hydroxyl groups excluding tert-OH is 1. The highest BCUT2D eigenvalue weighted by Gasteiger charge is 2.76. The molecule has 2 atom stereocenters. The summed E-state index contributed by atoms with van der Waals surface area (Å²) in [6, 6.07) is 7.47. The molecule has 2 amide bonds. The first kappa shape index (κ1) is 20.1. The number of anilines is 1. The molecule has 3 N–H and O–H groups in total. The molecule has 0 saturated carbocycles. The Morgan fingerprint density at radius 3 is 2.69 bits per heavy atom. The molecule has 1 fully saturated rings. The lowest BCUT2D eigenvalue weighted by molar-refractivity contribution is -0.144. The van der Waals surface area contributed by atoms with Gasteiger partial charge < -0.3 is 15.4 Å². The minimum atomic E-state index is -1.52. The largest absolute Gasteiger partial charge is 0.503 e. The van der Waals surface area contributed by atoms with Gasteiger partial charge >= 0.3 is 0 Å². The fraction of sp³-hybridized carbons (Fsp3) is 0.261. The fourth-order valence-electron chi connectivity index (χ4n) is 5.29. The van der Waals surface area contributed by atoms with Crippen molar-refractivity contribution in [2.24, 2.45) is 5.41 Å². The number of aromatic nitrogens is 2. The van der Waals surface area contributed by atoms with E-state index in [2.05, 4.69) is 21.9 Å². The lowest BCUT2D eigenvalue weighted by Crippen LogP contribution is -2.76. The number of carbonyl (C=O) groups is 2. The van der Waals surface area contributed by atoms with E-state index in [9.17, 15) is 14.7 Å². The van der Waals surface area contributed by atoms with Crippen molar-refractivity contribution in [1.82, 2.24) is 20.2 Å². The smallest absolute Gasteiger partial charge is 0.296 e. The number of imidazole rings is 1. The van der Waals surface area contributed by atoms with Gasteiger partial charge in [-0.05, 0) is 23.8 Å². The number of allylic oxidation sites excluding steroid dienone is 1. The van der Waals surface area contributed by atoms with Crippen molar-refractivity contribution < 1.29 is 19.5 Å². The number of H-pyrrole nitrogens is 1. The van der Waals surface area contributed by atoms with Crippen molar-refractivity contribution in [2.45, 2.75) is 25.0 Å². The predicted octanol–water partition coefficient (Wildman–Crippen LogP) is 2.35. The Bertz CT molecular complexity index is 1210. The summed E-state index contributed by atoms with van der Waals surface area (Å²) < 4.78 is 0. The van der Waals surface area contributed by atoms with Gasteiger partial charge in [0.1, 0.15) is 5.70 Å². The van der Waals surface area contributed by atoms with Crippen LogP contribution in [0.1, 0.15) is 25.1 Å². The number of nitrogens with zero attached hydrogens (tertiary/aromatic N) is 3. The molecule has 1 spiro atoms. The number of hydrogen-bond donors (Lipinski definition) is 3. The molecule has 1 saturated heterocycles. The Labute approximate surface area is 184 Å². The molecule has 2 aromatic rings. The zero-order valence-electron chi connectivity index (χ0n) is 17.9. The molecular weight excluding hydrogens is 410 g/mol. The molecule has 0 aliphatic carbocycles. The van der Waals surface area contributed by atoms with Crippen LogP contribution in [0.2, 0.25) is 0 Å². The van der Waals surface area contributed by atoms with Crippen molar-refractivity contribution in [3.63, 3.8) is 0 Å². The molecular formula is C23H23N5O4. The van der Waals surface area contributed by atoms with E-state index in [1.165, 1.54) is 41.7 Å². The highest BCUT2D eigenvalue weighted by atomic mass is 16.7. The van der Waals surface area contributed by atoms with Crippen LogP contribution >= 0.6 is 0 Å². The molecule has 0 radical (unpaired) electrons. The van der Waals surface area contributed by atoms with E-state index in [1.54, 1.807) is 6.08 Å². The van der Waals surface area contributed by atoms with E-state index in [0.29, 0.717) is 11.4 Å². The van der Waals surface area contributed by atoms with Crippen LogP contribution in [0.25, 0.3) is 6.08 Å². The predicted molar refractivity (Wildman–Crippen MR) is 117 cm³/mol. The highest BCUT2D eigenvalue weighted by molar-refractivity contribution is 6.10. The lowest BCUT2D eigenvalue weighted by Gasteiger charge is -2.56. The average Bonchev–Trinajstić information content (AvgIpc) is 3.44. The minimum Gasteiger partial charge on any atom is -0.503 e. The third-order valence-corrected chi connectivity index (χ3v) is 6.77. The number of hydrogen-bond acceptors (Lipinski definition) is 6. The van der Waals surface area contributed by atoms with Crippen LogP contribution in [0.4, 0.5) is 5.69 Å². The summed E-state index contributed by atoms with van der Waals surface area (Å²) in [7, 11) is 1.48. The fourth-order valence-corrected chi connectivity index (χ4v) is 5.29. The first-order valence-electron chi connectivity index (χ1n) is 10.1. The van der Waals surface area contributed by atoms with Crippen LogP contribution in [0, 0.1) is 5.41 Å². The highest BCUT2D eigenvalue weighted by Crippen LogP contribution is 2.64. The molecule has 2 unspecified atom stereocenters. The van der Waals surface area contributed by atoms with Gasteiger partial charge in [-0.3, -0.25) is 19.3 Å². The molecule has 9 nitrogen and oxygen atoms in total. The van der Waals surface area contributed by atoms with Gasteiger partial charge in [-0.2, -0.15) is 0 Å². The van der Waals surface area contributed by atoms with E-state index < -0.39 is 34.2 Å². The number of fused-ring (bicyclic) bond motifs is 2. The molecule has 1 aromatic heterocycles. The van der Waals surface area contributed by atoms with Crippen LogP contribution in [-0.4, -0.2) is 44.7 Å². The molecule has 4 heterocycles. The standard InChI is InChI=1S/C23H23N5O4/c1-5-21(2,3)22-11-18(29)20(31)27-17(10-14-12-24-13-25-14)19(30)26-23(22,27)28(32-4)16-9-7-6-8-15(16)22/h5-13,29H,1H2,2-4H3,(H,24,25)(H,26,30)/b17-10-. The normalized spacial score (nSPS) is 27.7. The van der Waals surface area contributed by atoms with Crippen molar-refractivity contribution in [3.8, 4) is 0 Å². The Kier molecular flexibility index (Phi) is 3.97. The number of rotatable bonds is 4. The Morgan fingerprint density at radius 2 is 2.03 bits per heavy atom. The zero-order valence-corrected chi connectivity index (χ0v) is 17.9. The van der Waals surface area contributed by atoms with Crippen LogP contribution in [-0.2, 0) is 19.8 Å². The summed E-state index contributed by atoms with van der Waals surface area (Å²) in [5.74, 6) is -3.19. The van der Waals surface area contributed by atoms with Gasteiger partial charge in [-0.15, -0.1) is 6.58 Å². The quantitative estimate of drug-likeness (QED) is 0.504. The molecule has 164 valence electrons. The monoisotopic (exact) mass is 433 g/mol. The van der Waals surface area contributed by atoms with Gasteiger partial charge in [0.25, 0.3) is 11.8 Å². The van der Waals surface area contributed by atoms with Gasteiger partial charge in [0, 0.05) is 5.41 Å². The number of benzene rings is 1. The van der Waals surface area contributed by atoms with Crippen molar-refractivity contribution in [1.29, 1.82) is 0 Å². The molecule has 32 heavy (non-hydrogen) atoms.